The molecule has 1 aliphatic rings. The van der Waals surface area contributed by atoms with Crippen LogP contribution in [0.15, 0.2) is 48.2 Å². The van der Waals surface area contributed by atoms with E-state index < -0.39 is 0 Å². The molecule has 19 heavy (non-hydrogen) atoms. The number of rotatable bonds is 1. The minimum atomic E-state index is -0.105. The predicted octanol–water partition coefficient (Wildman–Crippen LogP) is 3.32. The number of carbonyl (C=O) groups is 1. The monoisotopic (exact) mass is 252 g/mol. The van der Waals surface area contributed by atoms with Gasteiger partial charge >= 0.3 is 0 Å². The first kappa shape index (κ1) is 11.5. The molecule has 0 bridgehead atoms. The number of phenolic OH excluding ortho intramolecular Hbond substituents is 1. The zero-order chi connectivity index (χ0) is 13.4. The highest BCUT2D eigenvalue weighted by Gasteiger charge is 2.26. The number of hydrogen-bond donors (Lipinski definition) is 1. The molecule has 2 aromatic carbocycles. The number of ketones is 1. The highest BCUT2D eigenvalue weighted by atomic mass is 16.5. The van der Waals surface area contributed by atoms with Gasteiger partial charge in [0, 0.05) is 0 Å². The molecule has 1 aliphatic heterocycles. The maximum atomic E-state index is 12.2. The first-order valence-corrected chi connectivity index (χ1v) is 5.97. The Kier molecular flexibility index (Phi) is 2.60. The average Bonchev–Trinajstić information content (AvgIpc) is 2.70. The van der Waals surface area contributed by atoms with Gasteiger partial charge in [-0.15, -0.1) is 0 Å². The van der Waals surface area contributed by atoms with Gasteiger partial charge in [0.2, 0.25) is 5.78 Å². The molecule has 0 aromatic heterocycles. The Morgan fingerprint density at radius 1 is 1.11 bits per heavy atom. The number of carbonyl (C=O) groups excluding carboxylic acids is 1. The van der Waals surface area contributed by atoms with Crippen LogP contribution in [0, 0.1) is 6.92 Å². The van der Waals surface area contributed by atoms with E-state index in [1.54, 1.807) is 36.4 Å². The van der Waals surface area contributed by atoms with Crippen LogP contribution in [0.1, 0.15) is 21.5 Å². The Morgan fingerprint density at radius 3 is 2.58 bits per heavy atom. The van der Waals surface area contributed by atoms with E-state index >= 15 is 0 Å². The summed E-state index contributed by atoms with van der Waals surface area (Å²) < 4.78 is 5.56. The summed E-state index contributed by atoms with van der Waals surface area (Å²) in [4.78, 5) is 12.2. The molecule has 0 unspecified atom stereocenters. The standard InChI is InChI=1S/C16H12O3/c1-10-2-7-14-13(8-10)16(18)15(19-14)9-11-3-5-12(17)6-4-11/h2-9,17H,1H3/b15-9-. The van der Waals surface area contributed by atoms with Gasteiger partial charge in [0.25, 0.3) is 0 Å². The molecule has 0 atom stereocenters. The normalized spacial score (nSPS) is 15.4. The van der Waals surface area contributed by atoms with Crippen LogP contribution in [0.2, 0.25) is 0 Å². The van der Waals surface area contributed by atoms with Gasteiger partial charge in [-0.2, -0.15) is 0 Å². The Labute approximate surface area is 110 Å². The lowest BCUT2D eigenvalue weighted by atomic mass is 10.1. The van der Waals surface area contributed by atoms with Crippen molar-refractivity contribution in [3.63, 3.8) is 0 Å². The number of fused-ring (bicyclic) bond motifs is 1. The summed E-state index contributed by atoms with van der Waals surface area (Å²) in [5.74, 6) is 0.999. The van der Waals surface area contributed by atoms with E-state index in [1.165, 1.54) is 0 Å². The fourth-order valence-electron chi connectivity index (χ4n) is 2.02. The first-order valence-electron chi connectivity index (χ1n) is 5.97. The van der Waals surface area contributed by atoms with Gasteiger partial charge in [-0.3, -0.25) is 4.79 Å². The molecule has 0 aliphatic carbocycles. The summed E-state index contributed by atoms with van der Waals surface area (Å²) in [6.07, 6.45) is 1.68. The van der Waals surface area contributed by atoms with Crippen LogP contribution in [-0.4, -0.2) is 10.9 Å². The average molecular weight is 252 g/mol. The summed E-state index contributed by atoms with van der Waals surface area (Å²) in [6.45, 7) is 1.94. The van der Waals surface area contributed by atoms with Crippen LogP contribution in [0.4, 0.5) is 0 Å². The second-order valence-corrected chi connectivity index (χ2v) is 4.53. The molecule has 3 heteroatoms. The summed E-state index contributed by atoms with van der Waals surface area (Å²) in [6, 6.07) is 12.2. The number of phenols is 1. The highest BCUT2D eigenvalue weighted by molar-refractivity contribution is 6.14. The first-order chi connectivity index (χ1) is 9.13. The smallest absolute Gasteiger partial charge is 0.231 e. The topological polar surface area (TPSA) is 46.5 Å². The third-order valence-corrected chi connectivity index (χ3v) is 3.01. The summed E-state index contributed by atoms with van der Waals surface area (Å²) in [5, 5.41) is 9.22. The minimum absolute atomic E-state index is 0.105. The van der Waals surface area contributed by atoms with Crippen molar-refractivity contribution in [2.75, 3.05) is 0 Å². The molecule has 2 aromatic rings. The van der Waals surface area contributed by atoms with E-state index in [-0.39, 0.29) is 11.5 Å². The predicted molar refractivity (Wildman–Crippen MR) is 72.2 cm³/mol. The van der Waals surface area contributed by atoms with Gasteiger partial charge in [0.1, 0.15) is 11.5 Å². The highest BCUT2D eigenvalue weighted by Crippen LogP contribution is 2.32. The van der Waals surface area contributed by atoms with Gasteiger partial charge in [-0.05, 0) is 42.8 Å². The maximum Gasteiger partial charge on any atom is 0.231 e. The number of allylic oxidation sites excluding steroid dienone is 1. The van der Waals surface area contributed by atoms with Crippen LogP contribution in [0.5, 0.6) is 11.5 Å². The number of ether oxygens (including phenoxy) is 1. The Morgan fingerprint density at radius 2 is 1.84 bits per heavy atom. The molecule has 0 saturated heterocycles. The second-order valence-electron chi connectivity index (χ2n) is 4.53. The maximum absolute atomic E-state index is 12.2. The van der Waals surface area contributed by atoms with Crippen LogP contribution in [0.25, 0.3) is 6.08 Å². The Balaban J connectivity index is 1.97. The van der Waals surface area contributed by atoms with E-state index in [0.29, 0.717) is 17.1 Å². The molecule has 1 N–H and O–H groups in total. The zero-order valence-electron chi connectivity index (χ0n) is 10.4. The number of aromatic hydroxyl groups is 1. The molecule has 0 saturated carbocycles. The van der Waals surface area contributed by atoms with E-state index in [1.807, 2.05) is 19.1 Å². The third-order valence-electron chi connectivity index (χ3n) is 3.01. The summed E-state index contributed by atoms with van der Waals surface area (Å²) >= 11 is 0. The number of aryl methyl sites for hydroxylation is 1. The minimum Gasteiger partial charge on any atom is -0.508 e. The Hall–Kier alpha value is -2.55. The van der Waals surface area contributed by atoms with Crippen LogP contribution in [0.3, 0.4) is 0 Å². The molecular weight excluding hydrogens is 240 g/mol. The van der Waals surface area contributed by atoms with E-state index in [2.05, 4.69) is 0 Å². The number of hydrogen-bond acceptors (Lipinski definition) is 3. The fraction of sp³-hybridized carbons (Fsp3) is 0.0625. The van der Waals surface area contributed by atoms with Crippen molar-refractivity contribution in [2.45, 2.75) is 6.92 Å². The SMILES string of the molecule is Cc1ccc2c(c1)C(=O)/C(=C/c1ccc(O)cc1)O2. The lowest BCUT2D eigenvalue weighted by molar-refractivity contribution is 0.101. The van der Waals surface area contributed by atoms with E-state index in [0.717, 1.165) is 11.1 Å². The second kappa shape index (κ2) is 4.28. The van der Waals surface area contributed by atoms with Gasteiger partial charge in [-0.1, -0.05) is 23.8 Å². The van der Waals surface area contributed by atoms with Crippen molar-refractivity contribution in [3.8, 4) is 11.5 Å². The van der Waals surface area contributed by atoms with Crippen molar-refractivity contribution in [3.05, 3.63) is 64.9 Å². The molecule has 3 nitrogen and oxygen atoms in total. The van der Waals surface area contributed by atoms with Crippen molar-refractivity contribution < 1.29 is 14.6 Å². The Bertz CT molecular complexity index is 682. The van der Waals surface area contributed by atoms with Crippen molar-refractivity contribution in [1.29, 1.82) is 0 Å². The molecule has 0 fully saturated rings. The molecule has 94 valence electrons. The van der Waals surface area contributed by atoms with Gasteiger partial charge < -0.3 is 9.84 Å². The molecule has 1 heterocycles. The van der Waals surface area contributed by atoms with Gasteiger partial charge in [0.15, 0.2) is 5.76 Å². The molecule has 0 spiro atoms. The van der Waals surface area contributed by atoms with E-state index in [9.17, 15) is 9.90 Å². The van der Waals surface area contributed by atoms with Crippen molar-refractivity contribution in [1.82, 2.24) is 0 Å². The quantitative estimate of drug-likeness (QED) is 0.792. The molecule has 3 rings (SSSR count). The van der Waals surface area contributed by atoms with Crippen LogP contribution < -0.4 is 4.74 Å². The number of benzene rings is 2. The van der Waals surface area contributed by atoms with Gasteiger partial charge in [0.05, 0.1) is 5.56 Å². The van der Waals surface area contributed by atoms with Crippen LogP contribution in [-0.2, 0) is 0 Å². The third kappa shape index (κ3) is 2.10. The number of Topliss-reactive ketones (excluding diaryl/α,β-unsaturated/α-hetero) is 1. The largest absolute Gasteiger partial charge is 0.508 e. The molecular formula is C16H12O3. The fourth-order valence-corrected chi connectivity index (χ4v) is 2.02. The van der Waals surface area contributed by atoms with E-state index in [4.69, 9.17) is 4.74 Å². The lowest BCUT2D eigenvalue weighted by Gasteiger charge is -1.99. The summed E-state index contributed by atoms with van der Waals surface area (Å²) in [7, 11) is 0. The van der Waals surface area contributed by atoms with Crippen molar-refractivity contribution in [2.24, 2.45) is 0 Å². The molecule has 0 radical (unpaired) electrons. The lowest BCUT2D eigenvalue weighted by Crippen LogP contribution is -1.98. The van der Waals surface area contributed by atoms with Crippen molar-refractivity contribution >= 4 is 11.9 Å². The zero-order valence-corrected chi connectivity index (χ0v) is 10.4. The summed E-state index contributed by atoms with van der Waals surface area (Å²) in [5.41, 5.74) is 2.44. The van der Waals surface area contributed by atoms with Gasteiger partial charge in [-0.25, -0.2) is 0 Å². The van der Waals surface area contributed by atoms with Crippen LogP contribution >= 0.6 is 0 Å². The molecule has 0 amide bonds.